The van der Waals surface area contributed by atoms with Crippen molar-refractivity contribution in [2.75, 3.05) is 17.1 Å². The fourth-order valence-corrected chi connectivity index (χ4v) is 3.72. The molecule has 10 heteroatoms. The summed E-state index contributed by atoms with van der Waals surface area (Å²) in [5, 5.41) is 2.68. The highest BCUT2D eigenvalue weighted by Crippen LogP contribution is 2.31. The monoisotopic (exact) mass is 450 g/mol. The summed E-state index contributed by atoms with van der Waals surface area (Å²) in [6.07, 6.45) is -4.66. The van der Waals surface area contributed by atoms with Crippen molar-refractivity contribution in [2.45, 2.75) is 11.1 Å². The van der Waals surface area contributed by atoms with Gasteiger partial charge in [-0.25, -0.2) is 8.42 Å². The highest BCUT2D eigenvalue weighted by Gasteiger charge is 2.31. The summed E-state index contributed by atoms with van der Waals surface area (Å²) in [5.74, 6) is 0.216. The molecule has 3 aromatic carbocycles. The number of anilines is 2. The number of carbonyl (C=O) groups is 1. The van der Waals surface area contributed by atoms with E-state index in [0.717, 1.165) is 18.2 Å². The number of alkyl halides is 3. The molecule has 3 rings (SSSR count). The van der Waals surface area contributed by atoms with Gasteiger partial charge in [0.25, 0.3) is 15.9 Å². The van der Waals surface area contributed by atoms with E-state index in [0.29, 0.717) is 17.5 Å². The summed E-state index contributed by atoms with van der Waals surface area (Å²) in [6, 6.07) is 15.6. The van der Waals surface area contributed by atoms with E-state index in [9.17, 15) is 26.4 Å². The minimum Gasteiger partial charge on any atom is -0.497 e. The molecule has 3 aromatic rings. The van der Waals surface area contributed by atoms with Crippen LogP contribution in [0.15, 0.2) is 77.7 Å². The first kappa shape index (κ1) is 22.2. The normalized spacial score (nSPS) is 11.6. The van der Waals surface area contributed by atoms with Crippen LogP contribution < -0.4 is 14.8 Å². The third kappa shape index (κ3) is 5.54. The number of nitrogens with one attached hydrogen (secondary N) is 2. The van der Waals surface area contributed by atoms with Gasteiger partial charge < -0.3 is 10.1 Å². The fraction of sp³-hybridized carbons (Fsp3) is 0.0952. The molecule has 6 nitrogen and oxygen atoms in total. The lowest BCUT2D eigenvalue weighted by molar-refractivity contribution is -0.137. The zero-order chi connectivity index (χ0) is 22.6. The van der Waals surface area contributed by atoms with Crippen LogP contribution in [0.2, 0.25) is 0 Å². The molecule has 2 N–H and O–H groups in total. The maximum atomic E-state index is 12.8. The number of benzene rings is 3. The third-order valence-electron chi connectivity index (χ3n) is 4.22. The number of hydrogen-bond acceptors (Lipinski definition) is 4. The van der Waals surface area contributed by atoms with Crippen molar-refractivity contribution < 1.29 is 31.1 Å². The second kappa shape index (κ2) is 8.68. The van der Waals surface area contributed by atoms with Gasteiger partial charge >= 0.3 is 6.18 Å². The number of ether oxygens (including phenoxy) is 1. The Balaban J connectivity index is 1.71. The van der Waals surface area contributed by atoms with Crippen molar-refractivity contribution in [3.05, 3.63) is 83.9 Å². The molecule has 0 radical (unpaired) electrons. The Hall–Kier alpha value is -3.53. The summed E-state index contributed by atoms with van der Waals surface area (Å²) < 4.78 is 70.6. The molecule has 0 aliphatic rings. The number of amides is 1. The van der Waals surface area contributed by atoms with E-state index >= 15 is 0 Å². The Kier molecular flexibility index (Phi) is 6.21. The molecule has 0 aliphatic heterocycles. The lowest BCUT2D eigenvalue weighted by Gasteiger charge is -2.11. The average Bonchev–Trinajstić information content (AvgIpc) is 2.74. The van der Waals surface area contributed by atoms with Crippen LogP contribution in [0.3, 0.4) is 0 Å². The predicted molar refractivity (Wildman–Crippen MR) is 110 cm³/mol. The maximum absolute atomic E-state index is 12.8. The van der Waals surface area contributed by atoms with E-state index in [1.54, 1.807) is 24.3 Å². The number of hydrogen-bond donors (Lipinski definition) is 2. The van der Waals surface area contributed by atoms with Crippen molar-refractivity contribution >= 4 is 27.3 Å². The topological polar surface area (TPSA) is 84.5 Å². The Morgan fingerprint density at radius 3 is 2.10 bits per heavy atom. The lowest BCUT2D eigenvalue weighted by Crippen LogP contribution is -2.15. The molecule has 0 bridgehead atoms. The minimum atomic E-state index is -4.66. The standard InChI is InChI=1S/C21H17F3N2O4S/c1-30-18-11-9-16(10-12-18)25-20(27)14-5-7-17(8-6-14)26-31(28,29)19-4-2-3-15(13-19)21(22,23)24/h2-13,26H,1H3,(H,25,27). The van der Waals surface area contributed by atoms with Gasteiger partial charge in [-0.3, -0.25) is 9.52 Å². The molecule has 1 amide bonds. The lowest BCUT2D eigenvalue weighted by atomic mass is 10.2. The predicted octanol–water partition coefficient (Wildman–Crippen LogP) is 4.77. The molecule has 0 atom stereocenters. The molecule has 0 unspecified atom stereocenters. The zero-order valence-electron chi connectivity index (χ0n) is 16.1. The highest BCUT2D eigenvalue weighted by atomic mass is 32.2. The van der Waals surface area contributed by atoms with Gasteiger partial charge in [-0.15, -0.1) is 0 Å². The van der Waals surface area contributed by atoms with Gasteiger partial charge in [0.15, 0.2) is 0 Å². The third-order valence-corrected chi connectivity index (χ3v) is 5.60. The minimum absolute atomic E-state index is 0.0957. The van der Waals surface area contributed by atoms with Gasteiger partial charge in [0.1, 0.15) is 5.75 Å². The van der Waals surface area contributed by atoms with Crippen molar-refractivity contribution in [1.29, 1.82) is 0 Å². The Morgan fingerprint density at radius 2 is 1.52 bits per heavy atom. The molecule has 0 fully saturated rings. The van der Waals surface area contributed by atoms with Gasteiger partial charge in [-0.05, 0) is 66.7 Å². The Bertz CT molecular complexity index is 1180. The van der Waals surface area contributed by atoms with E-state index in [1.165, 1.54) is 31.4 Å². The first-order chi connectivity index (χ1) is 14.6. The fourth-order valence-electron chi connectivity index (χ4n) is 2.62. The van der Waals surface area contributed by atoms with Crippen LogP contribution in [-0.4, -0.2) is 21.4 Å². The molecule has 31 heavy (non-hydrogen) atoms. The summed E-state index contributed by atoms with van der Waals surface area (Å²) in [5.41, 5.74) is -0.169. The molecule has 0 saturated heterocycles. The smallest absolute Gasteiger partial charge is 0.416 e. The Morgan fingerprint density at radius 1 is 0.903 bits per heavy atom. The van der Waals surface area contributed by atoms with Crippen molar-refractivity contribution in [1.82, 2.24) is 0 Å². The maximum Gasteiger partial charge on any atom is 0.416 e. The average molecular weight is 450 g/mol. The number of rotatable bonds is 6. The molecule has 0 heterocycles. The van der Waals surface area contributed by atoms with Gasteiger partial charge in [-0.2, -0.15) is 13.2 Å². The van der Waals surface area contributed by atoms with Gasteiger partial charge in [-0.1, -0.05) is 6.07 Å². The van der Waals surface area contributed by atoms with Crippen LogP contribution in [0.25, 0.3) is 0 Å². The molecule has 0 saturated carbocycles. The van der Waals surface area contributed by atoms with Crippen LogP contribution in [0.5, 0.6) is 5.75 Å². The van der Waals surface area contributed by atoms with Crippen molar-refractivity contribution in [3.8, 4) is 5.75 Å². The van der Waals surface area contributed by atoms with E-state index in [1.807, 2.05) is 0 Å². The largest absolute Gasteiger partial charge is 0.497 e. The number of sulfonamides is 1. The van der Waals surface area contributed by atoms with E-state index < -0.39 is 32.6 Å². The zero-order valence-corrected chi connectivity index (χ0v) is 16.9. The van der Waals surface area contributed by atoms with Crippen molar-refractivity contribution in [3.63, 3.8) is 0 Å². The van der Waals surface area contributed by atoms with E-state index in [2.05, 4.69) is 10.0 Å². The van der Waals surface area contributed by atoms with Crippen LogP contribution in [0, 0.1) is 0 Å². The molecule has 162 valence electrons. The second-order valence-electron chi connectivity index (χ2n) is 6.39. The number of halogens is 3. The first-order valence-electron chi connectivity index (χ1n) is 8.84. The van der Waals surface area contributed by atoms with E-state index in [4.69, 9.17) is 4.74 Å². The Labute approximate surface area is 176 Å². The van der Waals surface area contributed by atoms with Crippen LogP contribution in [0.1, 0.15) is 15.9 Å². The van der Waals surface area contributed by atoms with Crippen LogP contribution in [0.4, 0.5) is 24.5 Å². The molecule has 0 spiro atoms. The number of carbonyl (C=O) groups excluding carboxylic acids is 1. The van der Waals surface area contributed by atoms with Gasteiger partial charge in [0.2, 0.25) is 0 Å². The molecule has 0 aliphatic carbocycles. The van der Waals surface area contributed by atoms with Gasteiger partial charge in [0, 0.05) is 16.9 Å². The summed E-state index contributed by atoms with van der Waals surface area (Å²) in [6.45, 7) is 0. The summed E-state index contributed by atoms with van der Waals surface area (Å²) in [4.78, 5) is 11.8. The highest BCUT2D eigenvalue weighted by molar-refractivity contribution is 7.92. The van der Waals surface area contributed by atoms with Crippen LogP contribution >= 0.6 is 0 Å². The van der Waals surface area contributed by atoms with E-state index in [-0.39, 0.29) is 11.3 Å². The van der Waals surface area contributed by atoms with Crippen molar-refractivity contribution in [2.24, 2.45) is 0 Å². The SMILES string of the molecule is COc1ccc(NC(=O)c2ccc(NS(=O)(=O)c3cccc(C(F)(F)F)c3)cc2)cc1. The first-order valence-corrected chi connectivity index (χ1v) is 10.3. The number of methoxy groups -OCH3 is 1. The summed E-state index contributed by atoms with van der Waals surface area (Å²) in [7, 11) is -2.72. The molecular weight excluding hydrogens is 433 g/mol. The van der Waals surface area contributed by atoms with Crippen LogP contribution in [-0.2, 0) is 16.2 Å². The molecule has 0 aromatic heterocycles. The second-order valence-corrected chi connectivity index (χ2v) is 8.07. The van der Waals surface area contributed by atoms with Gasteiger partial charge in [0.05, 0.1) is 17.6 Å². The quantitative estimate of drug-likeness (QED) is 0.567. The molecular formula is C21H17F3N2O4S. The summed E-state index contributed by atoms with van der Waals surface area (Å²) >= 11 is 0.